The van der Waals surface area contributed by atoms with Crippen LogP contribution in [-0.2, 0) is 4.74 Å². The minimum atomic E-state index is -5.63. The van der Waals surface area contributed by atoms with Gasteiger partial charge >= 0.3 is 18.4 Å². The number of carbonyl (C=O) groups excluding carboxylic acids is 1. The second-order valence-electron chi connectivity index (χ2n) is 4.16. The van der Waals surface area contributed by atoms with E-state index in [-0.39, 0.29) is 0 Å². The van der Waals surface area contributed by atoms with Gasteiger partial charge in [-0.05, 0) is 20.8 Å². The molecule has 0 aromatic heterocycles. The van der Waals surface area contributed by atoms with Gasteiger partial charge in [-0.25, -0.2) is 4.79 Å². The Morgan fingerprint density at radius 3 is 1.59 bits per heavy atom. The summed E-state index contributed by atoms with van der Waals surface area (Å²) >= 11 is 0. The third kappa shape index (κ3) is 6.22. The van der Waals surface area contributed by atoms with Crippen LogP contribution in [-0.4, -0.2) is 30.1 Å². The Morgan fingerprint density at radius 1 is 1.00 bits per heavy atom. The zero-order chi connectivity index (χ0) is 14.1. The molecule has 0 unspecified atom stereocenters. The van der Waals surface area contributed by atoms with Gasteiger partial charge < -0.3 is 10.1 Å². The minimum absolute atomic E-state index is 0.742. The fourth-order valence-electron chi connectivity index (χ4n) is 0.775. The van der Waals surface area contributed by atoms with Crippen LogP contribution >= 0.6 is 0 Å². The number of rotatable bonds is 1. The molecule has 0 atom stereocenters. The summed E-state index contributed by atoms with van der Waals surface area (Å²) in [5.41, 5.74) is -1.19. The van der Waals surface area contributed by atoms with Gasteiger partial charge in [0, 0.05) is 0 Å². The van der Waals surface area contributed by atoms with E-state index in [0.29, 0.717) is 0 Å². The summed E-state index contributed by atoms with van der Waals surface area (Å²) in [6.45, 7) is 3.92. The minimum Gasteiger partial charge on any atom is -0.444 e. The number of hydrogen-bond donors (Lipinski definition) is 1. The molecule has 0 aliphatic rings. The van der Waals surface area contributed by atoms with E-state index in [4.69, 9.17) is 0 Å². The molecule has 3 nitrogen and oxygen atoms in total. The Kier molecular flexibility index (Phi) is 4.30. The van der Waals surface area contributed by atoms with Gasteiger partial charge in [0.2, 0.25) is 6.04 Å². The van der Waals surface area contributed by atoms with Crippen LogP contribution in [0.4, 0.5) is 31.1 Å². The van der Waals surface area contributed by atoms with E-state index in [9.17, 15) is 31.1 Å². The highest BCUT2D eigenvalue weighted by atomic mass is 19.4. The van der Waals surface area contributed by atoms with Crippen molar-refractivity contribution in [3.8, 4) is 0 Å². The Hall–Kier alpha value is -1.15. The lowest BCUT2D eigenvalue weighted by molar-refractivity contribution is -0.256. The number of ether oxygens (including phenoxy) is 1. The average molecular weight is 267 g/mol. The van der Waals surface area contributed by atoms with Gasteiger partial charge in [-0.1, -0.05) is 0 Å². The summed E-state index contributed by atoms with van der Waals surface area (Å²) in [6, 6.07) is -3.94. The molecule has 0 spiro atoms. The molecule has 1 amide bonds. The van der Waals surface area contributed by atoms with Gasteiger partial charge in [0.15, 0.2) is 0 Å². The van der Waals surface area contributed by atoms with Crippen molar-refractivity contribution in [3.63, 3.8) is 0 Å². The van der Waals surface area contributed by atoms with Crippen LogP contribution in [0, 0.1) is 0 Å². The van der Waals surface area contributed by atoms with Crippen LogP contribution in [0.5, 0.6) is 0 Å². The SMILES string of the molecule is CC(C)(C)OC(=O)NC(C(F)(F)F)C(F)(F)F. The first-order chi connectivity index (χ1) is 7.23. The van der Waals surface area contributed by atoms with Crippen LogP contribution < -0.4 is 5.32 Å². The van der Waals surface area contributed by atoms with Crippen molar-refractivity contribution in [2.45, 2.75) is 44.8 Å². The van der Waals surface area contributed by atoms with Crippen molar-refractivity contribution in [2.24, 2.45) is 0 Å². The quantitative estimate of drug-likeness (QED) is 0.742. The number of alkyl halides is 6. The van der Waals surface area contributed by atoms with E-state index < -0.39 is 30.1 Å². The van der Waals surface area contributed by atoms with Gasteiger partial charge in [0.25, 0.3) is 0 Å². The molecule has 1 N–H and O–H groups in total. The summed E-state index contributed by atoms with van der Waals surface area (Å²) in [6.07, 6.45) is -13.0. The number of amides is 1. The van der Waals surface area contributed by atoms with Crippen molar-refractivity contribution >= 4 is 6.09 Å². The monoisotopic (exact) mass is 267 g/mol. The molecule has 0 aliphatic carbocycles. The third-order valence-corrected chi connectivity index (χ3v) is 1.32. The molecule has 0 saturated heterocycles. The fourth-order valence-corrected chi connectivity index (χ4v) is 0.775. The summed E-state index contributed by atoms with van der Waals surface area (Å²) in [4.78, 5) is 10.8. The topological polar surface area (TPSA) is 38.3 Å². The Balaban J connectivity index is 4.75. The first-order valence-electron chi connectivity index (χ1n) is 4.36. The highest BCUT2D eigenvalue weighted by Gasteiger charge is 2.58. The van der Waals surface area contributed by atoms with E-state index in [1.54, 1.807) is 0 Å². The summed E-state index contributed by atoms with van der Waals surface area (Å²) in [5.74, 6) is 0. The molecule has 102 valence electrons. The van der Waals surface area contributed by atoms with E-state index in [2.05, 4.69) is 4.74 Å². The Morgan fingerprint density at radius 2 is 1.35 bits per heavy atom. The fraction of sp³-hybridized carbons (Fsp3) is 0.875. The molecule has 0 saturated carbocycles. The normalized spacial score (nSPS) is 13.8. The molecular weight excluding hydrogens is 256 g/mol. The third-order valence-electron chi connectivity index (χ3n) is 1.32. The number of nitrogens with one attached hydrogen (secondary N) is 1. The van der Waals surface area contributed by atoms with Crippen molar-refractivity contribution in [1.82, 2.24) is 5.32 Å². The van der Waals surface area contributed by atoms with Gasteiger partial charge in [0.05, 0.1) is 0 Å². The number of carbonyl (C=O) groups is 1. The van der Waals surface area contributed by atoms with Gasteiger partial charge in [0.1, 0.15) is 5.60 Å². The highest BCUT2D eigenvalue weighted by molar-refractivity contribution is 5.68. The Labute approximate surface area is 93.1 Å². The largest absolute Gasteiger partial charge is 0.444 e. The number of halogens is 6. The van der Waals surface area contributed by atoms with E-state index in [1.165, 1.54) is 20.8 Å². The molecule has 0 radical (unpaired) electrons. The maximum Gasteiger partial charge on any atom is 0.417 e. The zero-order valence-electron chi connectivity index (χ0n) is 9.16. The molecule has 0 bridgehead atoms. The van der Waals surface area contributed by atoms with Crippen LogP contribution in [0.1, 0.15) is 20.8 Å². The molecule has 17 heavy (non-hydrogen) atoms. The molecule has 0 aliphatic heterocycles. The Bertz CT molecular complexity index is 263. The molecule has 9 heteroatoms. The highest BCUT2D eigenvalue weighted by Crippen LogP contribution is 2.33. The van der Waals surface area contributed by atoms with E-state index in [1.807, 2.05) is 0 Å². The lowest BCUT2D eigenvalue weighted by atomic mass is 10.2. The van der Waals surface area contributed by atoms with E-state index in [0.717, 1.165) is 5.32 Å². The van der Waals surface area contributed by atoms with Crippen molar-refractivity contribution in [1.29, 1.82) is 0 Å². The molecule has 0 rings (SSSR count). The van der Waals surface area contributed by atoms with Gasteiger partial charge in [-0.3, -0.25) is 0 Å². The second-order valence-corrected chi connectivity index (χ2v) is 4.16. The first kappa shape index (κ1) is 15.9. The maximum atomic E-state index is 12.0. The van der Waals surface area contributed by atoms with Crippen LogP contribution in [0.15, 0.2) is 0 Å². The van der Waals surface area contributed by atoms with Crippen molar-refractivity contribution in [2.75, 3.05) is 0 Å². The number of hydrogen-bond acceptors (Lipinski definition) is 2. The molecule has 0 aromatic carbocycles. The van der Waals surface area contributed by atoms with Crippen molar-refractivity contribution in [3.05, 3.63) is 0 Å². The predicted octanol–water partition coefficient (Wildman–Crippen LogP) is 3.00. The molecule has 0 aromatic rings. The summed E-state index contributed by atoms with van der Waals surface area (Å²) < 4.78 is 76.4. The van der Waals surface area contributed by atoms with Gasteiger partial charge in [-0.15, -0.1) is 0 Å². The summed E-state index contributed by atoms with van der Waals surface area (Å²) in [7, 11) is 0. The smallest absolute Gasteiger partial charge is 0.417 e. The lowest BCUT2D eigenvalue weighted by Gasteiger charge is -2.26. The van der Waals surface area contributed by atoms with Gasteiger partial charge in [-0.2, -0.15) is 26.3 Å². The van der Waals surface area contributed by atoms with E-state index >= 15 is 0 Å². The first-order valence-corrected chi connectivity index (χ1v) is 4.36. The molecular formula is C8H11F6NO2. The standard InChI is InChI=1S/C8H11F6NO2/c1-6(2,3)17-5(16)15-4(7(9,10)11)8(12,13)14/h4H,1-3H3,(H,15,16). The van der Waals surface area contributed by atoms with Crippen LogP contribution in [0.2, 0.25) is 0 Å². The second kappa shape index (κ2) is 4.61. The molecule has 0 heterocycles. The van der Waals surface area contributed by atoms with Crippen molar-refractivity contribution < 1.29 is 35.9 Å². The van der Waals surface area contributed by atoms with Crippen LogP contribution in [0.25, 0.3) is 0 Å². The summed E-state index contributed by atoms with van der Waals surface area (Å²) in [5, 5.41) is 0.742. The van der Waals surface area contributed by atoms with Crippen LogP contribution in [0.3, 0.4) is 0 Å². The lowest BCUT2D eigenvalue weighted by Crippen LogP contribution is -2.55. The number of alkyl carbamates (subject to hydrolysis) is 1. The average Bonchev–Trinajstić information content (AvgIpc) is 1.91. The predicted molar refractivity (Wildman–Crippen MR) is 45.3 cm³/mol. The maximum absolute atomic E-state index is 12.0. The zero-order valence-corrected chi connectivity index (χ0v) is 9.16. The molecule has 0 fully saturated rings.